The van der Waals surface area contributed by atoms with Gasteiger partial charge < -0.3 is 21.0 Å². The average Bonchev–Trinajstić information content (AvgIpc) is 2.46. The van der Waals surface area contributed by atoms with Crippen LogP contribution in [0.2, 0.25) is 0 Å². The third kappa shape index (κ3) is 5.61. The fourth-order valence-corrected chi connectivity index (χ4v) is 1.51. The van der Waals surface area contributed by atoms with Crippen LogP contribution in [0, 0.1) is 5.92 Å². The molecule has 0 aromatic heterocycles. The molecule has 0 spiro atoms. The van der Waals surface area contributed by atoms with Crippen LogP contribution in [0.5, 0.6) is 5.75 Å². The lowest BCUT2D eigenvalue weighted by Crippen LogP contribution is -2.25. The van der Waals surface area contributed by atoms with Crippen molar-refractivity contribution >= 4 is 5.84 Å². The predicted molar refractivity (Wildman–Crippen MR) is 76.8 cm³/mol. The molecule has 1 atom stereocenters. The van der Waals surface area contributed by atoms with E-state index < -0.39 is 0 Å². The van der Waals surface area contributed by atoms with Crippen LogP contribution >= 0.6 is 0 Å². The first-order chi connectivity index (χ1) is 9.17. The van der Waals surface area contributed by atoms with Gasteiger partial charge in [-0.1, -0.05) is 25.4 Å². The number of hydrogen-bond donors (Lipinski definition) is 3. The number of ether oxygens (including phenoxy) is 1. The molecule has 0 bridgehead atoms. The summed E-state index contributed by atoms with van der Waals surface area (Å²) in [6.45, 7) is 6.87. The molecule has 0 heterocycles. The normalized spacial score (nSPS) is 13.3. The number of rotatable bonds is 8. The van der Waals surface area contributed by atoms with Gasteiger partial charge >= 0.3 is 0 Å². The Bertz CT molecular complexity index is 390. The van der Waals surface area contributed by atoms with Crippen molar-refractivity contribution in [2.75, 3.05) is 19.7 Å². The molecule has 0 saturated heterocycles. The van der Waals surface area contributed by atoms with Crippen molar-refractivity contribution in [1.82, 2.24) is 5.32 Å². The van der Waals surface area contributed by atoms with Crippen LogP contribution in [-0.2, 0) is 0 Å². The van der Waals surface area contributed by atoms with Gasteiger partial charge in [0.2, 0.25) is 0 Å². The Hall–Kier alpha value is -1.75. The highest BCUT2D eigenvalue weighted by atomic mass is 16.5. The van der Waals surface area contributed by atoms with E-state index in [1.165, 1.54) is 6.42 Å². The van der Waals surface area contributed by atoms with E-state index in [4.69, 9.17) is 15.7 Å². The van der Waals surface area contributed by atoms with Gasteiger partial charge in [0.25, 0.3) is 0 Å². The van der Waals surface area contributed by atoms with Gasteiger partial charge in [0, 0.05) is 12.1 Å². The molecule has 0 aliphatic carbocycles. The number of nitrogens with two attached hydrogens (primary N) is 1. The van der Waals surface area contributed by atoms with E-state index in [9.17, 15) is 0 Å². The maximum Gasteiger partial charge on any atom is 0.170 e. The summed E-state index contributed by atoms with van der Waals surface area (Å²) >= 11 is 0. The van der Waals surface area contributed by atoms with Crippen LogP contribution in [-0.4, -0.2) is 30.7 Å². The highest BCUT2D eigenvalue weighted by molar-refractivity contribution is 5.97. The molecule has 0 saturated carbocycles. The van der Waals surface area contributed by atoms with E-state index in [2.05, 4.69) is 24.3 Å². The summed E-state index contributed by atoms with van der Waals surface area (Å²) in [6, 6.07) is 7.14. The predicted octanol–water partition coefficient (Wildman–Crippen LogP) is 1.80. The summed E-state index contributed by atoms with van der Waals surface area (Å²) in [5.74, 6) is 1.57. The van der Waals surface area contributed by atoms with E-state index in [-0.39, 0.29) is 5.84 Å². The Balaban J connectivity index is 2.27. The molecule has 1 rings (SSSR count). The van der Waals surface area contributed by atoms with Crippen LogP contribution in [0.1, 0.15) is 25.8 Å². The van der Waals surface area contributed by atoms with E-state index >= 15 is 0 Å². The van der Waals surface area contributed by atoms with Gasteiger partial charge in [-0.15, -0.1) is 0 Å². The molecule has 5 heteroatoms. The number of nitrogens with one attached hydrogen (secondary N) is 1. The van der Waals surface area contributed by atoms with E-state index in [0.717, 1.165) is 18.8 Å². The fourth-order valence-electron chi connectivity index (χ4n) is 1.51. The van der Waals surface area contributed by atoms with Crippen molar-refractivity contribution in [2.24, 2.45) is 16.8 Å². The molecule has 19 heavy (non-hydrogen) atoms. The SMILES string of the molecule is CCC(C)CNCCOc1ccc(C(N)=NO)cc1. The van der Waals surface area contributed by atoms with E-state index in [1.54, 1.807) is 12.1 Å². The second kappa shape index (κ2) is 8.37. The van der Waals surface area contributed by atoms with Crippen molar-refractivity contribution in [3.8, 4) is 5.75 Å². The lowest BCUT2D eigenvalue weighted by molar-refractivity contribution is 0.309. The molecule has 0 radical (unpaired) electrons. The largest absolute Gasteiger partial charge is 0.492 e. The molecule has 4 N–H and O–H groups in total. The van der Waals surface area contributed by atoms with Gasteiger partial charge in [0.05, 0.1) is 0 Å². The minimum Gasteiger partial charge on any atom is -0.492 e. The fraction of sp³-hybridized carbons (Fsp3) is 0.500. The van der Waals surface area contributed by atoms with Crippen molar-refractivity contribution in [1.29, 1.82) is 0 Å². The van der Waals surface area contributed by atoms with Crippen LogP contribution < -0.4 is 15.8 Å². The number of nitrogens with zero attached hydrogens (tertiary/aromatic N) is 1. The molecular formula is C14H23N3O2. The van der Waals surface area contributed by atoms with Crippen molar-refractivity contribution in [2.45, 2.75) is 20.3 Å². The quantitative estimate of drug-likeness (QED) is 0.220. The Morgan fingerprint density at radius 1 is 1.42 bits per heavy atom. The minimum absolute atomic E-state index is 0.0989. The van der Waals surface area contributed by atoms with Crippen molar-refractivity contribution < 1.29 is 9.94 Å². The van der Waals surface area contributed by atoms with Crippen LogP contribution in [0.4, 0.5) is 0 Å². The highest BCUT2D eigenvalue weighted by Crippen LogP contribution is 2.11. The van der Waals surface area contributed by atoms with Gasteiger partial charge in [-0.05, 0) is 36.7 Å². The van der Waals surface area contributed by atoms with E-state index in [0.29, 0.717) is 18.1 Å². The summed E-state index contributed by atoms with van der Waals surface area (Å²) in [7, 11) is 0. The molecule has 106 valence electrons. The van der Waals surface area contributed by atoms with Gasteiger partial charge in [0.15, 0.2) is 5.84 Å². The second-order valence-corrected chi connectivity index (χ2v) is 4.58. The Morgan fingerprint density at radius 3 is 2.68 bits per heavy atom. The Kier molecular flexibility index (Phi) is 6.74. The molecule has 1 aromatic rings. The van der Waals surface area contributed by atoms with Crippen molar-refractivity contribution in [3.05, 3.63) is 29.8 Å². The molecule has 0 amide bonds. The molecule has 5 nitrogen and oxygen atoms in total. The van der Waals surface area contributed by atoms with Gasteiger partial charge in [-0.2, -0.15) is 0 Å². The summed E-state index contributed by atoms with van der Waals surface area (Å²) in [4.78, 5) is 0. The summed E-state index contributed by atoms with van der Waals surface area (Å²) in [5.41, 5.74) is 6.15. The first-order valence-electron chi connectivity index (χ1n) is 6.58. The molecule has 1 aromatic carbocycles. The number of amidine groups is 1. The Labute approximate surface area is 114 Å². The minimum atomic E-state index is 0.0989. The van der Waals surface area contributed by atoms with Crippen molar-refractivity contribution in [3.63, 3.8) is 0 Å². The third-order valence-electron chi connectivity index (χ3n) is 3.00. The summed E-state index contributed by atoms with van der Waals surface area (Å²) < 4.78 is 5.58. The number of benzene rings is 1. The lowest BCUT2D eigenvalue weighted by atomic mass is 10.1. The molecular weight excluding hydrogens is 242 g/mol. The second-order valence-electron chi connectivity index (χ2n) is 4.58. The zero-order valence-corrected chi connectivity index (χ0v) is 11.6. The average molecular weight is 265 g/mol. The summed E-state index contributed by atoms with van der Waals surface area (Å²) in [6.07, 6.45) is 1.18. The Morgan fingerprint density at radius 2 is 2.11 bits per heavy atom. The highest BCUT2D eigenvalue weighted by Gasteiger charge is 2.00. The molecule has 0 aliphatic heterocycles. The maximum absolute atomic E-state index is 8.55. The van der Waals surface area contributed by atoms with Crippen LogP contribution in [0.3, 0.4) is 0 Å². The molecule has 0 aliphatic rings. The van der Waals surface area contributed by atoms with Gasteiger partial charge in [0.1, 0.15) is 12.4 Å². The third-order valence-corrected chi connectivity index (χ3v) is 3.00. The number of oxime groups is 1. The van der Waals surface area contributed by atoms with Crippen LogP contribution in [0.15, 0.2) is 29.4 Å². The summed E-state index contributed by atoms with van der Waals surface area (Å²) in [5, 5.41) is 14.8. The van der Waals surface area contributed by atoms with Gasteiger partial charge in [-0.3, -0.25) is 0 Å². The van der Waals surface area contributed by atoms with Crippen LogP contribution in [0.25, 0.3) is 0 Å². The first kappa shape index (κ1) is 15.3. The standard InChI is InChI=1S/C14H23N3O2/c1-3-11(2)10-16-8-9-19-13-6-4-12(5-7-13)14(15)17-18/h4-7,11,16,18H,3,8-10H2,1-2H3,(H2,15,17). The zero-order chi connectivity index (χ0) is 14.1. The monoisotopic (exact) mass is 265 g/mol. The number of hydrogen-bond acceptors (Lipinski definition) is 4. The lowest BCUT2D eigenvalue weighted by Gasteiger charge is -2.11. The maximum atomic E-state index is 8.55. The zero-order valence-electron chi connectivity index (χ0n) is 11.6. The molecule has 0 fully saturated rings. The first-order valence-corrected chi connectivity index (χ1v) is 6.58. The van der Waals surface area contributed by atoms with E-state index in [1.807, 2.05) is 12.1 Å². The topological polar surface area (TPSA) is 79.9 Å². The molecule has 1 unspecified atom stereocenters. The smallest absolute Gasteiger partial charge is 0.170 e. The van der Waals surface area contributed by atoms with Gasteiger partial charge in [-0.25, -0.2) is 0 Å².